The number of fused-ring (bicyclic) bond motifs is 1. The summed E-state index contributed by atoms with van der Waals surface area (Å²) < 4.78 is 78.9. The van der Waals surface area contributed by atoms with Crippen LogP contribution < -0.4 is 0 Å². The molecule has 0 aromatic carbocycles. The van der Waals surface area contributed by atoms with Crippen molar-refractivity contribution in [2.24, 2.45) is 5.92 Å². The molecule has 0 unspecified atom stereocenters. The third-order valence-electron chi connectivity index (χ3n) is 6.60. The Hall–Kier alpha value is -3.17. The van der Waals surface area contributed by atoms with Gasteiger partial charge in [0.1, 0.15) is 18.0 Å². The van der Waals surface area contributed by atoms with Crippen molar-refractivity contribution in [1.29, 1.82) is 0 Å². The lowest BCUT2D eigenvalue weighted by atomic mass is 9.81. The Morgan fingerprint density at radius 3 is 2.57 bits per heavy atom. The molecule has 186 valence electrons. The first-order valence-corrected chi connectivity index (χ1v) is 11.5. The van der Waals surface area contributed by atoms with Gasteiger partial charge >= 0.3 is 6.18 Å². The molecular formula is C25H27F4N5O. The van der Waals surface area contributed by atoms with Crippen molar-refractivity contribution >= 4 is 11.0 Å². The van der Waals surface area contributed by atoms with Gasteiger partial charge in [0, 0.05) is 47.3 Å². The van der Waals surface area contributed by atoms with Gasteiger partial charge in [-0.15, -0.1) is 0 Å². The summed E-state index contributed by atoms with van der Waals surface area (Å²) in [4.78, 5) is 4.61. The maximum atomic E-state index is 14.5. The fourth-order valence-corrected chi connectivity index (χ4v) is 4.77. The van der Waals surface area contributed by atoms with Crippen LogP contribution in [0.2, 0.25) is 0 Å². The Bertz CT molecular complexity index is 1420. The fraction of sp³-hybridized carbons (Fsp3) is 0.480. The van der Waals surface area contributed by atoms with Crippen LogP contribution in [0, 0.1) is 19.8 Å². The van der Waals surface area contributed by atoms with Gasteiger partial charge in [0.2, 0.25) is 0 Å². The number of aryl methyl sites for hydroxylation is 2. The number of nitrogens with zero attached hydrogens (tertiary/aromatic N) is 5. The van der Waals surface area contributed by atoms with Crippen LogP contribution in [0.5, 0.6) is 0 Å². The number of hydrogen-bond acceptors (Lipinski definition) is 4. The quantitative estimate of drug-likeness (QED) is 0.293. The molecule has 0 spiro atoms. The smallest absolute Gasteiger partial charge is 0.361 e. The van der Waals surface area contributed by atoms with E-state index in [1.165, 1.54) is 17.0 Å². The first-order chi connectivity index (χ1) is 17.2. The van der Waals surface area contributed by atoms with Gasteiger partial charge in [-0.25, -0.2) is 4.39 Å². The highest BCUT2D eigenvalue weighted by Gasteiger charge is 2.31. The Morgan fingerprint density at radius 1 is 1.17 bits per heavy atom. The number of alkyl halides is 4. The predicted octanol–water partition coefficient (Wildman–Crippen LogP) is 6.65. The molecular weight excluding hydrogens is 462 g/mol. The van der Waals surface area contributed by atoms with Crippen LogP contribution >= 0.6 is 0 Å². The molecule has 1 aliphatic rings. The second-order valence-corrected chi connectivity index (χ2v) is 9.56. The van der Waals surface area contributed by atoms with Gasteiger partial charge in [-0.3, -0.25) is 9.67 Å². The van der Waals surface area contributed by atoms with Crippen LogP contribution in [-0.2, 0) is 13.0 Å². The lowest BCUT2D eigenvalue weighted by Gasteiger charge is -2.31. The van der Waals surface area contributed by atoms with E-state index in [0.717, 1.165) is 10.2 Å². The number of aromatic nitrogens is 5. The minimum absolute atomic E-state index is 0.260. The summed E-state index contributed by atoms with van der Waals surface area (Å²) in [6.07, 6.45) is 2.63. The van der Waals surface area contributed by atoms with E-state index < -0.39 is 30.8 Å². The van der Waals surface area contributed by atoms with Gasteiger partial charge in [0.25, 0.3) is 0 Å². The number of hydrogen-bond donors (Lipinski definition) is 0. The van der Waals surface area contributed by atoms with Crippen molar-refractivity contribution in [1.82, 2.24) is 24.5 Å². The summed E-state index contributed by atoms with van der Waals surface area (Å²) in [5.41, 5.74) is 2.51. The first kappa shape index (κ1) is 21.1. The largest absolute Gasteiger partial charge is 0.408 e. The summed E-state index contributed by atoms with van der Waals surface area (Å²) in [5, 5.41) is 7.84. The molecule has 1 fully saturated rings. The molecule has 1 aliphatic carbocycles. The highest BCUT2D eigenvalue weighted by molar-refractivity contribution is 5.94. The Morgan fingerprint density at radius 2 is 1.91 bits per heavy atom. The second-order valence-electron chi connectivity index (χ2n) is 9.56. The molecule has 4 heterocycles. The summed E-state index contributed by atoms with van der Waals surface area (Å²) in [5.74, 6) is 0.137. The average Bonchev–Trinajstić information content (AvgIpc) is 3.49. The predicted molar refractivity (Wildman–Crippen MR) is 123 cm³/mol. The molecule has 0 bridgehead atoms. The van der Waals surface area contributed by atoms with Crippen molar-refractivity contribution in [3.8, 4) is 22.3 Å². The van der Waals surface area contributed by atoms with Crippen molar-refractivity contribution in [3.63, 3.8) is 0 Å². The van der Waals surface area contributed by atoms with E-state index in [2.05, 4.69) is 15.2 Å². The van der Waals surface area contributed by atoms with E-state index in [-0.39, 0.29) is 12.8 Å². The Balaban J connectivity index is 1.65. The molecule has 0 atom stereocenters. The van der Waals surface area contributed by atoms with Crippen LogP contribution in [0.15, 0.2) is 35.4 Å². The zero-order chi connectivity index (χ0) is 26.8. The topological polar surface area (TPSA) is 61.7 Å². The second kappa shape index (κ2) is 8.49. The molecule has 0 radical (unpaired) electrons. The molecule has 0 saturated heterocycles. The van der Waals surface area contributed by atoms with Gasteiger partial charge in [-0.1, -0.05) is 5.16 Å². The lowest BCUT2D eigenvalue weighted by molar-refractivity contribution is -0.142. The van der Waals surface area contributed by atoms with Crippen molar-refractivity contribution < 1.29 is 24.8 Å². The van der Waals surface area contributed by atoms with E-state index in [4.69, 9.17) is 7.26 Å². The van der Waals surface area contributed by atoms with Gasteiger partial charge in [-0.2, -0.15) is 18.3 Å². The van der Waals surface area contributed by atoms with Gasteiger partial charge in [-0.05, 0) is 58.4 Å². The average molecular weight is 492 g/mol. The summed E-state index contributed by atoms with van der Waals surface area (Å²) in [7, 11) is 0. The fourth-order valence-electron chi connectivity index (χ4n) is 4.77. The maximum absolute atomic E-state index is 14.5. The highest BCUT2D eigenvalue weighted by Crippen LogP contribution is 2.38. The zero-order valence-electron chi connectivity index (χ0n) is 21.7. The third kappa shape index (κ3) is 4.83. The molecule has 5 rings (SSSR count). The van der Waals surface area contributed by atoms with E-state index in [1.54, 1.807) is 39.2 Å². The molecule has 4 aromatic heterocycles. The van der Waals surface area contributed by atoms with Gasteiger partial charge < -0.3 is 9.09 Å². The van der Waals surface area contributed by atoms with E-state index in [1.807, 2.05) is 0 Å². The van der Waals surface area contributed by atoms with Crippen LogP contribution in [0.3, 0.4) is 0 Å². The zero-order valence-corrected chi connectivity index (χ0v) is 19.7. The molecule has 0 amide bonds. The first-order valence-electron chi connectivity index (χ1n) is 12.5. The van der Waals surface area contributed by atoms with Gasteiger partial charge in [0.15, 0.2) is 0 Å². The number of halogens is 4. The SMILES string of the molecule is [2H]C([2H])(C1CCC(C)(F)CC1)n1cc(-c2cnn(CC(F)(F)F)c2)c2ncc(-c3c(C)noc3C)cc21. The van der Waals surface area contributed by atoms with Crippen LogP contribution in [0.25, 0.3) is 33.3 Å². The number of pyridine rings is 1. The van der Waals surface area contributed by atoms with Crippen molar-refractivity contribution in [2.45, 2.75) is 71.3 Å². The van der Waals surface area contributed by atoms with E-state index in [0.29, 0.717) is 52.0 Å². The van der Waals surface area contributed by atoms with E-state index in [9.17, 15) is 17.6 Å². The Kier molecular flexibility index (Phi) is 5.13. The standard InChI is InChI=1S/C25H27F4N5O/c1-15-22(16(2)35-32-15)18-8-21-23(30-9-18)20(19-10-31-34(12-19)14-25(27,28)29)13-33(21)11-17-4-6-24(3,26)7-5-17/h8-10,12-13,17H,4-7,11,14H2,1-3H3/i11D2. The van der Waals surface area contributed by atoms with Crippen molar-refractivity contribution in [3.05, 3.63) is 42.3 Å². The summed E-state index contributed by atoms with van der Waals surface area (Å²) in [6, 6.07) is 1.79. The highest BCUT2D eigenvalue weighted by atomic mass is 19.4. The third-order valence-corrected chi connectivity index (χ3v) is 6.60. The van der Waals surface area contributed by atoms with Crippen LogP contribution in [0.4, 0.5) is 17.6 Å². The minimum Gasteiger partial charge on any atom is -0.361 e. The summed E-state index contributed by atoms with van der Waals surface area (Å²) >= 11 is 0. The van der Waals surface area contributed by atoms with Crippen LogP contribution in [-0.4, -0.2) is 36.3 Å². The normalized spacial score (nSPS) is 22.4. The summed E-state index contributed by atoms with van der Waals surface area (Å²) in [6.45, 7) is 1.98. The van der Waals surface area contributed by atoms with Gasteiger partial charge in [0.05, 0.1) is 25.7 Å². The van der Waals surface area contributed by atoms with Crippen molar-refractivity contribution in [2.75, 3.05) is 0 Å². The molecule has 0 aliphatic heterocycles. The molecule has 4 aromatic rings. The minimum atomic E-state index is -4.43. The van der Waals surface area contributed by atoms with E-state index >= 15 is 0 Å². The van der Waals surface area contributed by atoms with Crippen LogP contribution in [0.1, 0.15) is 46.8 Å². The Labute approximate surface area is 202 Å². The lowest BCUT2D eigenvalue weighted by Crippen LogP contribution is -2.27. The molecule has 0 N–H and O–H groups in total. The maximum Gasteiger partial charge on any atom is 0.408 e. The molecule has 35 heavy (non-hydrogen) atoms. The monoisotopic (exact) mass is 491 g/mol. The molecule has 1 saturated carbocycles. The molecule has 6 nitrogen and oxygen atoms in total. The number of rotatable bonds is 5. The molecule has 10 heteroatoms.